The summed E-state index contributed by atoms with van der Waals surface area (Å²) >= 11 is 14.2. The summed E-state index contributed by atoms with van der Waals surface area (Å²) in [7, 11) is 0. The summed E-state index contributed by atoms with van der Waals surface area (Å²) in [6.45, 7) is 0.576. The molecule has 0 spiro atoms. The lowest BCUT2D eigenvalue weighted by atomic mass is 10.2. The predicted octanol–water partition coefficient (Wildman–Crippen LogP) is 3.38. The number of carbonyl (C=O) groups is 1. The van der Waals surface area contributed by atoms with Crippen molar-refractivity contribution in [2.24, 2.45) is 5.73 Å². The van der Waals surface area contributed by atoms with Gasteiger partial charge in [0.15, 0.2) is 0 Å². The zero-order valence-corrected chi connectivity index (χ0v) is 13.4. The van der Waals surface area contributed by atoms with E-state index < -0.39 is 0 Å². The van der Waals surface area contributed by atoms with Crippen molar-refractivity contribution in [3.63, 3.8) is 0 Å². The fourth-order valence-corrected chi connectivity index (χ4v) is 2.38. The van der Waals surface area contributed by atoms with E-state index in [0.717, 1.165) is 17.3 Å². The molecule has 1 amide bonds. The minimum absolute atomic E-state index is 0.00634. The maximum atomic E-state index is 12.5. The Hall–Kier alpha value is -0.650. The highest BCUT2D eigenvalue weighted by molar-refractivity contribution is 9.10. The van der Waals surface area contributed by atoms with Crippen LogP contribution in [0.1, 0.15) is 29.6 Å². The summed E-state index contributed by atoms with van der Waals surface area (Å²) in [5, 5.41) is 0.538. The molecule has 1 fully saturated rings. The highest BCUT2D eigenvalue weighted by atomic mass is 79.9. The van der Waals surface area contributed by atoms with Gasteiger partial charge in [0.05, 0.1) is 10.0 Å². The number of nitrogens with zero attached hydrogens (tertiary/aromatic N) is 1. The molecule has 1 aromatic carbocycles. The van der Waals surface area contributed by atoms with Crippen molar-refractivity contribution in [2.75, 3.05) is 6.54 Å². The minimum Gasteiger partial charge on any atom is -0.393 e. The normalized spacial score (nSPS) is 14.2. The van der Waals surface area contributed by atoms with E-state index in [-0.39, 0.29) is 5.91 Å². The van der Waals surface area contributed by atoms with Gasteiger partial charge in [-0.05, 0) is 47.0 Å². The van der Waals surface area contributed by atoms with Crippen LogP contribution in [-0.4, -0.2) is 28.4 Å². The lowest BCUT2D eigenvalue weighted by molar-refractivity contribution is 0.0748. The largest absolute Gasteiger partial charge is 0.393 e. The zero-order valence-electron chi connectivity index (χ0n) is 10.2. The van der Waals surface area contributed by atoms with Crippen LogP contribution in [-0.2, 0) is 0 Å². The summed E-state index contributed by atoms with van der Waals surface area (Å²) in [6, 6.07) is 5.57. The van der Waals surface area contributed by atoms with Crippen molar-refractivity contribution >= 4 is 50.6 Å². The first kappa shape index (κ1) is 14.8. The number of benzene rings is 1. The topological polar surface area (TPSA) is 46.3 Å². The molecule has 0 heterocycles. The molecular formula is C13H14BrClN2OS. The van der Waals surface area contributed by atoms with E-state index in [4.69, 9.17) is 29.6 Å². The molecule has 0 aliphatic heterocycles. The molecular weight excluding hydrogens is 348 g/mol. The van der Waals surface area contributed by atoms with E-state index in [9.17, 15) is 4.79 Å². The van der Waals surface area contributed by atoms with E-state index >= 15 is 0 Å². The van der Waals surface area contributed by atoms with Crippen molar-refractivity contribution in [1.29, 1.82) is 0 Å². The number of thiocarbonyl (C=S) groups is 1. The average Bonchev–Trinajstić information content (AvgIpc) is 3.16. The Morgan fingerprint density at radius 2 is 2.21 bits per heavy atom. The SMILES string of the molecule is NC(=S)CCN(C(=O)c1ccc(Br)c(Cl)c1)C1CC1. The Morgan fingerprint density at radius 3 is 2.74 bits per heavy atom. The third-order valence-corrected chi connectivity index (χ3v) is 4.45. The molecule has 3 nitrogen and oxygen atoms in total. The van der Waals surface area contributed by atoms with Crippen LogP contribution in [0.25, 0.3) is 0 Å². The van der Waals surface area contributed by atoms with Gasteiger partial charge in [-0.15, -0.1) is 0 Å². The maximum absolute atomic E-state index is 12.5. The number of rotatable bonds is 5. The predicted molar refractivity (Wildman–Crippen MR) is 84.6 cm³/mol. The van der Waals surface area contributed by atoms with E-state index in [0.29, 0.717) is 34.6 Å². The number of hydrogen-bond donors (Lipinski definition) is 1. The molecule has 2 N–H and O–H groups in total. The minimum atomic E-state index is -0.00634. The lowest BCUT2D eigenvalue weighted by Crippen LogP contribution is -2.35. The maximum Gasteiger partial charge on any atom is 0.254 e. The molecule has 2 rings (SSSR count). The first-order chi connectivity index (χ1) is 8.99. The number of nitrogens with two attached hydrogens (primary N) is 1. The van der Waals surface area contributed by atoms with E-state index in [1.165, 1.54) is 0 Å². The Morgan fingerprint density at radius 1 is 1.53 bits per heavy atom. The molecule has 0 bridgehead atoms. The Kier molecular flexibility index (Phi) is 4.81. The number of carbonyl (C=O) groups excluding carboxylic acids is 1. The first-order valence-electron chi connectivity index (χ1n) is 6.03. The average molecular weight is 362 g/mol. The molecule has 102 valence electrons. The van der Waals surface area contributed by atoms with Gasteiger partial charge in [-0.25, -0.2) is 0 Å². The van der Waals surface area contributed by atoms with Gasteiger partial charge in [-0.2, -0.15) is 0 Å². The molecule has 1 saturated carbocycles. The van der Waals surface area contributed by atoms with E-state index in [1.54, 1.807) is 18.2 Å². The van der Waals surface area contributed by atoms with Crippen LogP contribution in [0.5, 0.6) is 0 Å². The summed E-state index contributed by atoms with van der Waals surface area (Å²) in [4.78, 5) is 14.8. The fourth-order valence-electron chi connectivity index (χ4n) is 1.86. The smallest absolute Gasteiger partial charge is 0.254 e. The highest BCUT2D eigenvalue weighted by Crippen LogP contribution is 2.30. The number of hydrogen-bond acceptors (Lipinski definition) is 2. The third-order valence-electron chi connectivity index (χ3n) is 3.01. The molecule has 0 atom stereocenters. The van der Waals surface area contributed by atoms with E-state index in [2.05, 4.69) is 15.9 Å². The second-order valence-corrected chi connectivity index (χ2v) is 6.36. The summed E-state index contributed by atoms with van der Waals surface area (Å²) in [5.74, 6) is -0.00634. The number of amides is 1. The van der Waals surface area contributed by atoms with Crippen LogP contribution in [0.2, 0.25) is 5.02 Å². The second-order valence-electron chi connectivity index (χ2n) is 4.57. The van der Waals surface area contributed by atoms with Crippen molar-refractivity contribution in [1.82, 2.24) is 4.90 Å². The second kappa shape index (κ2) is 6.20. The quantitative estimate of drug-likeness (QED) is 0.818. The highest BCUT2D eigenvalue weighted by Gasteiger charge is 2.32. The molecule has 0 unspecified atom stereocenters. The first-order valence-corrected chi connectivity index (χ1v) is 7.61. The van der Waals surface area contributed by atoms with Gasteiger partial charge in [-0.3, -0.25) is 4.79 Å². The van der Waals surface area contributed by atoms with Gasteiger partial charge in [0.1, 0.15) is 0 Å². The Labute approximate surface area is 131 Å². The van der Waals surface area contributed by atoms with Crippen LogP contribution in [0.15, 0.2) is 22.7 Å². The van der Waals surface area contributed by atoms with Crippen molar-refractivity contribution in [2.45, 2.75) is 25.3 Å². The van der Waals surface area contributed by atoms with Crippen LogP contribution in [0.3, 0.4) is 0 Å². The van der Waals surface area contributed by atoms with Gasteiger partial charge >= 0.3 is 0 Å². The third kappa shape index (κ3) is 3.91. The van der Waals surface area contributed by atoms with Crippen molar-refractivity contribution in [3.05, 3.63) is 33.3 Å². The fraction of sp³-hybridized carbons (Fsp3) is 0.385. The van der Waals surface area contributed by atoms with Gasteiger partial charge in [-0.1, -0.05) is 23.8 Å². The lowest BCUT2D eigenvalue weighted by Gasteiger charge is -2.22. The van der Waals surface area contributed by atoms with Gasteiger partial charge in [0.2, 0.25) is 0 Å². The van der Waals surface area contributed by atoms with Gasteiger partial charge < -0.3 is 10.6 Å². The molecule has 1 aliphatic rings. The Bertz CT molecular complexity index is 519. The van der Waals surface area contributed by atoms with Crippen LogP contribution in [0, 0.1) is 0 Å². The molecule has 0 saturated heterocycles. The summed E-state index contributed by atoms with van der Waals surface area (Å²) in [6.07, 6.45) is 2.66. The Balaban J connectivity index is 2.14. The monoisotopic (exact) mass is 360 g/mol. The molecule has 0 radical (unpaired) electrons. The van der Waals surface area contributed by atoms with Crippen molar-refractivity contribution in [3.8, 4) is 0 Å². The molecule has 1 aliphatic carbocycles. The molecule has 0 aromatic heterocycles. The standard InChI is InChI=1S/C13H14BrClN2OS/c14-10-4-1-8(7-11(10)15)13(18)17(9-2-3-9)6-5-12(16)19/h1,4,7,9H,2-3,5-6H2,(H2,16,19). The molecule has 6 heteroatoms. The summed E-state index contributed by atoms with van der Waals surface area (Å²) in [5.41, 5.74) is 6.11. The molecule has 1 aromatic rings. The van der Waals surface area contributed by atoms with Gasteiger partial charge in [0, 0.05) is 29.0 Å². The van der Waals surface area contributed by atoms with Crippen LogP contribution < -0.4 is 5.73 Å². The van der Waals surface area contributed by atoms with Crippen molar-refractivity contribution < 1.29 is 4.79 Å². The van der Waals surface area contributed by atoms with Crippen LogP contribution >= 0.6 is 39.7 Å². The van der Waals surface area contributed by atoms with Gasteiger partial charge in [0.25, 0.3) is 5.91 Å². The van der Waals surface area contributed by atoms with E-state index in [1.807, 2.05) is 4.90 Å². The summed E-state index contributed by atoms with van der Waals surface area (Å²) < 4.78 is 0.784. The number of halogens is 2. The van der Waals surface area contributed by atoms with Crippen LogP contribution in [0.4, 0.5) is 0 Å². The molecule has 19 heavy (non-hydrogen) atoms. The zero-order chi connectivity index (χ0) is 14.0.